The molecule has 0 bridgehead atoms. The molecule has 1 saturated heterocycles. The number of aliphatic carboxylic acids is 4. The summed E-state index contributed by atoms with van der Waals surface area (Å²) in [6, 6.07) is -1.72. The van der Waals surface area contributed by atoms with Gasteiger partial charge in [0.25, 0.3) is 0 Å². The Kier molecular flexibility index (Phi) is 42.0. The van der Waals surface area contributed by atoms with Crippen molar-refractivity contribution in [1.29, 1.82) is 0 Å². The van der Waals surface area contributed by atoms with Crippen molar-refractivity contribution in [2.24, 2.45) is 44.8 Å². The number of aromatic hydroxyl groups is 1. The molecule has 20 N–H and O–H groups in total. The number of phenolic OH excluding ortho intramolecular Hbond substituents is 1. The van der Waals surface area contributed by atoms with Gasteiger partial charge in [-0.25, -0.2) is 24.0 Å². The van der Waals surface area contributed by atoms with Gasteiger partial charge in [-0.3, -0.25) is 44.1 Å². The first kappa shape index (κ1) is 88.0. The maximum atomic E-state index is 14.5. The third kappa shape index (κ3) is 40.6. The molecule has 1 heterocycles. The normalized spacial score (nSPS) is 14.8. The number of amides is 8. The van der Waals surface area contributed by atoms with E-state index in [1.807, 2.05) is 20.8 Å². The zero-order chi connectivity index (χ0) is 73.4. The van der Waals surface area contributed by atoms with Gasteiger partial charge in [0.1, 0.15) is 36.0 Å². The zero-order valence-corrected chi connectivity index (χ0v) is 52.5. The Morgan fingerprint density at radius 2 is 1.15 bits per heavy atom. The van der Waals surface area contributed by atoms with Gasteiger partial charge in [-0.15, -0.1) is 0 Å². The number of phenols is 1. The van der Waals surface area contributed by atoms with Crippen molar-refractivity contribution < 1.29 is 127 Å². The summed E-state index contributed by atoms with van der Waals surface area (Å²) in [5.74, 6) is -13.8. The fourth-order valence-electron chi connectivity index (χ4n) is 7.59. The van der Waals surface area contributed by atoms with Gasteiger partial charge in [0.05, 0.1) is 32.5 Å². The van der Waals surface area contributed by atoms with Gasteiger partial charge in [0, 0.05) is 45.6 Å². The number of ether oxygens (including phenoxy) is 2. The third-order valence-electron chi connectivity index (χ3n) is 12.6. The van der Waals surface area contributed by atoms with E-state index in [0.29, 0.717) is 51.0 Å². The molecule has 0 spiro atoms. The van der Waals surface area contributed by atoms with E-state index >= 15 is 0 Å². The van der Waals surface area contributed by atoms with Crippen LogP contribution in [-0.2, 0) is 63.8 Å². The molecule has 95 heavy (non-hydrogen) atoms. The Morgan fingerprint density at radius 3 is 1.62 bits per heavy atom. The second-order valence-electron chi connectivity index (χ2n) is 20.8. The molecular weight excluding hydrogens is 1300 g/mol. The minimum atomic E-state index is -5.08. The number of halogens is 9. The number of carboxylic acids is 4. The van der Waals surface area contributed by atoms with Gasteiger partial charge in [0.15, 0.2) is 11.9 Å². The molecule has 1 aliphatic rings. The van der Waals surface area contributed by atoms with Crippen LogP contribution in [0, 0.1) is 11.8 Å². The number of nitrogens with zero attached hydrogens (tertiary/aromatic N) is 3. The molecule has 1 aliphatic heterocycles. The number of urea groups is 1. The van der Waals surface area contributed by atoms with Gasteiger partial charge in [-0.2, -0.15) is 39.5 Å². The SMILES string of the molecule is CCC(=O)NCCOCCOCCNC(=O)NC(N)=NCCC[C@H](NC(=O)[C@@H](N)CCCN=C(N)N)C(=O)N1CCC[C@H]1C(=O)N[C@@H](Cc1ccc(O)cc1)C(=O)N[C@H](C(=O)N[C@@H](CC(C)C)C(=O)O)[C@@H](C)CC.O=C(O)C(F)(F)F.O=C(O)C(F)(F)F.O=C(O)C(F)(F)F. The Balaban J connectivity index is 0. The number of benzene rings is 1. The van der Waals surface area contributed by atoms with Crippen molar-refractivity contribution in [3.8, 4) is 5.75 Å². The van der Waals surface area contributed by atoms with E-state index in [4.69, 9.17) is 62.1 Å². The van der Waals surface area contributed by atoms with Gasteiger partial charge >= 0.3 is 48.4 Å². The quantitative estimate of drug-likeness (QED) is 0.0191. The Morgan fingerprint density at radius 1 is 0.653 bits per heavy atom. The molecule has 7 atom stereocenters. The highest BCUT2D eigenvalue weighted by molar-refractivity contribution is 5.97. The Labute approximate surface area is 538 Å². The van der Waals surface area contributed by atoms with Crippen LogP contribution in [0.5, 0.6) is 5.75 Å². The smallest absolute Gasteiger partial charge is 0.490 e. The maximum Gasteiger partial charge on any atom is 0.490 e. The molecule has 0 aliphatic carbocycles. The summed E-state index contributed by atoms with van der Waals surface area (Å²) in [5, 5.41) is 59.6. The molecule has 0 aromatic heterocycles. The molecule has 0 radical (unpaired) electrons. The number of carbonyl (C=O) groups excluding carboxylic acids is 7. The molecule has 542 valence electrons. The van der Waals surface area contributed by atoms with Crippen LogP contribution in [0.1, 0.15) is 98.0 Å². The number of hydrogen-bond donors (Lipinski definition) is 16. The van der Waals surface area contributed by atoms with Crippen LogP contribution in [0.2, 0.25) is 0 Å². The minimum absolute atomic E-state index is 0.0123. The third-order valence-corrected chi connectivity index (χ3v) is 12.6. The van der Waals surface area contributed by atoms with Crippen LogP contribution < -0.4 is 60.2 Å². The van der Waals surface area contributed by atoms with Gasteiger partial charge in [-0.05, 0) is 74.5 Å². The Hall–Kier alpha value is -9.02. The van der Waals surface area contributed by atoms with Crippen LogP contribution >= 0.6 is 0 Å². The molecule has 1 aromatic carbocycles. The highest BCUT2D eigenvalue weighted by Gasteiger charge is 2.42. The largest absolute Gasteiger partial charge is 0.508 e. The van der Waals surface area contributed by atoms with Crippen molar-refractivity contribution in [3.63, 3.8) is 0 Å². The first-order chi connectivity index (χ1) is 44.0. The van der Waals surface area contributed by atoms with E-state index in [9.17, 15) is 88.1 Å². The highest BCUT2D eigenvalue weighted by Crippen LogP contribution is 2.22. The van der Waals surface area contributed by atoms with E-state index in [1.165, 1.54) is 17.0 Å². The lowest BCUT2D eigenvalue weighted by molar-refractivity contribution is -0.193. The number of likely N-dealkylation sites (tertiary alicyclic amines) is 1. The predicted octanol–water partition coefficient (Wildman–Crippen LogP) is 0.276. The minimum Gasteiger partial charge on any atom is -0.508 e. The number of carboxylic acid groups (broad SMARTS) is 4. The molecule has 0 unspecified atom stereocenters. The lowest BCUT2D eigenvalue weighted by Gasteiger charge is -2.31. The molecule has 0 saturated carbocycles. The second kappa shape index (κ2) is 45.3. The number of nitrogens with one attached hydrogen (secondary N) is 7. The molecule has 1 fully saturated rings. The number of rotatable bonds is 34. The molecular formula is C54H85F9N14O18. The number of nitrogens with two attached hydrogens (primary N) is 4. The van der Waals surface area contributed by atoms with Crippen LogP contribution in [0.25, 0.3) is 0 Å². The van der Waals surface area contributed by atoms with E-state index in [-0.39, 0.29) is 107 Å². The number of hydrogen-bond acceptors (Lipinski definition) is 17. The standard InChI is InChI=1S/C48H82N14O12.3C2HF3O2/c1-6-30(5)39(43(68)59-36(45(70)71)27-29(3)4)60-41(66)35(28-31-14-16-32(63)17-15-31)58-42(67)37-13-10-22-62(37)44(69)34(57-40(65)33(49)11-8-18-54-46(50)51)12-9-19-55-47(52)61-48(72)56-21-24-74-26-25-73-23-20-53-38(64)7-2;3*3-2(4,5)1(6)7/h14-17,29-30,33-37,39,63H,6-13,18-28,49H2,1-5H3,(H,53,64)(H,57,65)(H,58,67)(H,59,68)(H,60,66)(H,70,71)(H4,50,51,54)(H4,52,55,56,61,72);3*(H,6,7)/t30-,33-,34-,35-,36-,37-,39-;;;/m0.../s1. The van der Waals surface area contributed by atoms with Crippen LogP contribution in [0.4, 0.5) is 44.3 Å². The van der Waals surface area contributed by atoms with Crippen molar-refractivity contribution in [2.45, 2.75) is 154 Å². The summed E-state index contributed by atoms with van der Waals surface area (Å²) >= 11 is 0. The van der Waals surface area contributed by atoms with E-state index in [2.05, 4.69) is 47.2 Å². The highest BCUT2D eigenvalue weighted by atomic mass is 19.4. The second-order valence-corrected chi connectivity index (χ2v) is 20.8. The summed E-state index contributed by atoms with van der Waals surface area (Å²) in [5.41, 5.74) is 23.5. The van der Waals surface area contributed by atoms with Gasteiger partial charge in [-0.1, -0.05) is 53.2 Å². The molecule has 1 aromatic rings. The Bertz CT molecular complexity index is 2610. The number of guanidine groups is 2. The number of alkyl halides is 9. The zero-order valence-electron chi connectivity index (χ0n) is 52.5. The first-order valence-electron chi connectivity index (χ1n) is 29.0. The van der Waals surface area contributed by atoms with Crippen molar-refractivity contribution in [2.75, 3.05) is 59.2 Å². The first-order valence-corrected chi connectivity index (χ1v) is 29.0. The molecule has 41 heteroatoms. The fourth-order valence-corrected chi connectivity index (χ4v) is 7.59. The van der Waals surface area contributed by atoms with Crippen LogP contribution in [0.15, 0.2) is 34.3 Å². The summed E-state index contributed by atoms with van der Waals surface area (Å²) in [6.07, 6.45) is -13.0. The summed E-state index contributed by atoms with van der Waals surface area (Å²) in [4.78, 5) is 142. The van der Waals surface area contributed by atoms with Crippen molar-refractivity contribution in [3.05, 3.63) is 29.8 Å². The van der Waals surface area contributed by atoms with E-state index in [0.717, 1.165) is 0 Å². The fraction of sp³-hybridized carbons (Fsp3) is 0.648. The number of aliphatic imine (C=N–C) groups is 2. The predicted molar refractivity (Wildman–Crippen MR) is 317 cm³/mol. The maximum absolute atomic E-state index is 14.5. The van der Waals surface area contributed by atoms with Crippen molar-refractivity contribution >= 4 is 77.3 Å². The van der Waals surface area contributed by atoms with E-state index < -0.39 is 120 Å². The summed E-state index contributed by atoms with van der Waals surface area (Å²) < 4.78 is 106. The van der Waals surface area contributed by atoms with Crippen LogP contribution in [-0.4, -0.2) is 222 Å². The topological polar surface area (TPSA) is 524 Å². The summed E-state index contributed by atoms with van der Waals surface area (Å²) in [7, 11) is 0. The van der Waals surface area contributed by atoms with Gasteiger partial charge in [0.2, 0.25) is 35.4 Å². The van der Waals surface area contributed by atoms with Crippen LogP contribution in [0.3, 0.4) is 0 Å². The average molecular weight is 1390 g/mol. The number of carbonyl (C=O) groups is 11. The van der Waals surface area contributed by atoms with E-state index in [1.54, 1.807) is 26.0 Å². The monoisotopic (exact) mass is 1390 g/mol. The average Bonchev–Trinajstić information content (AvgIpc) is 1.76. The lowest BCUT2D eigenvalue weighted by Crippen LogP contribution is -2.60. The lowest BCUT2D eigenvalue weighted by atomic mass is 9.96. The summed E-state index contributed by atoms with van der Waals surface area (Å²) in [6.45, 7) is 10.9. The molecule has 8 amide bonds. The van der Waals surface area contributed by atoms with Crippen molar-refractivity contribution in [1.82, 2.24) is 42.1 Å². The molecule has 32 nitrogen and oxygen atoms in total. The van der Waals surface area contributed by atoms with Gasteiger partial charge < -0.3 is 94.7 Å². The molecule has 2 rings (SSSR count).